The molecule has 0 unspecified atom stereocenters. The second-order valence-electron chi connectivity index (χ2n) is 8.71. The summed E-state index contributed by atoms with van der Waals surface area (Å²) in [6.07, 6.45) is 0. The molecule has 0 spiro atoms. The molecule has 1 aliphatic heterocycles. The second-order valence-corrected chi connectivity index (χ2v) is 12.7. The SMILES string of the molecule is Cc1ccc(NS(=O)(=O)c2ccc(NC(=O)CN3c4ccc(Cl)cc4-c4ccccc4S3(=O)=O)cc2)cc1. The first-order valence-electron chi connectivity index (χ1n) is 11.5. The van der Waals surface area contributed by atoms with Crippen molar-refractivity contribution in [1.82, 2.24) is 0 Å². The molecule has 0 saturated carbocycles. The molecule has 0 aromatic heterocycles. The van der Waals surface area contributed by atoms with Crippen LogP contribution >= 0.6 is 11.6 Å². The Labute approximate surface area is 226 Å². The van der Waals surface area contributed by atoms with Crippen LogP contribution in [0, 0.1) is 6.92 Å². The van der Waals surface area contributed by atoms with Gasteiger partial charge in [0.25, 0.3) is 20.0 Å². The lowest BCUT2D eigenvalue weighted by atomic mass is 10.0. The highest BCUT2D eigenvalue weighted by molar-refractivity contribution is 7.93. The molecule has 1 amide bonds. The van der Waals surface area contributed by atoms with Gasteiger partial charge in [0.05, 0.1) is 15.5 Å². The molecule has 0 fully saturated rings. The Morgan fingerprint density at radius 1 is 0.868 bits per heavy atom. The van der Waals surface area contributed by atoms with Gasteiger partial charge in [0, 0.05) is 27.5 Å². The molecule has 194 valence electrons. The van der Waals surface area contributed by atoms with E-state index in [-0.39, 0.29) is 9.79 Å². The fraction of sp³-hybridized carbons (Fsp3) is 0.0741. The van der Waals surface area contributed by atoms with Crippen molar-refractivity contribution in [3.05, 3.63) is 102 Å². The Kier molecular flexibility index (Phi) is 6.64. The number of benzene rings is 4. The molecule has 4 aromatic rings. The average Bonchev–Trinajstić information content (AvgIpc) is 2.88. The van der Waals surface area contributed by atoms with E-state index in [9.17, 15) is 21.6 Å². The van der Waals surface area contributed by atoms with Crippen LogP contribution in [0.25, 0.3) is 11.1 Å². The number of hydrogen-bond acceptors (Lipinski definition) is 5. The van der Waals surface area contributed by atoms with E-state index in [4.69, 9.17) is 11.6 Å². The zero-order valence-corrected chi connectivity index (χ0v) is 22.4. The van der Waals surface area contributed by atoms with E-state index in [1.54, 1.807) is 60.7 Å². The van der Waals surface area contributed by atoms with Gasteiger partial charge in [-0.05, 0) is 67.6 Å². The quantitative estimate of drug-likeness (QED) is 0.330. The third-order valence-corrected chi connectivity index (χ3v) is 9.46. The first kappa shape index (κ1) is 25.8. The lowest BCUT2D eigenvalue weighted by Gasteiger charge is -2.31. The lowest BCUT2D eigenvalue weighted by molar-refractivity contribution is -0.114. The fourth-order valence-corrected chi connectivity index (χ4v) is 7.04. The van der Waals surface area contributed by atoms with E-state index < -0.39 is 32.5 Å². The van der Waals surface area contributed by atoms with Gasteiger partial charge in [0.2, 0.25) is 5.91 Å². The van der Waals surface area contributed by atoms with Crippen LogP contribution in [0.1, 0.15) is 5.56 Å². The van der Waals surface area contributed by atoms with Gasteiger partial charge < -0.3 is 5.32 Å². The number of hydrogen-bond donors (Lipinski definition) is 2. The Bertz CT molecular complexity index is 1760. The molecule has 0 atom stereocenters. The van der Waals surface area contributed by atoms with Crippen LogP contribution in [0.15, 0.2) is 101 Å². The summed E-state index contributed by atoms with van der Waals surface area (Å²) in [6, 6.07) is 23.9. The van der Waals surface area contributed by atoms with E-state index in [1.165, 1.54) is 30.3 Å². The van der Waals surface area contributed by atoms with Crippen LogP contribution in [0.4, 0.5) is 17.1 Å². The van der Waals surface area contributed by atoms with Gasteiger partial charge in [-0.2, -0.15) is 0 Å². The summed E-state index contributed by atoms with van der Waals surface area (Å²) >= 11 is 6.18. The maximum atomic E-state index is 13.4. The van der Waals surface area contributed by atoms with E-state index >= 15 is 0 Å². The van der Waals surface area contributed by atoms with Crippen molar-refractivity contribution >= 4 is 54.6 Å². The first-order valence-corrected chi connectivity index (χ1v) is 14.8. The number of anilines is 3. The molecule has 38 heavy (non-hydrogen) atoms. The number of aryl methyl sites for hydroxylation is 1. The average molecular weight is 568 g/mol. The summed E-state index contributed by atoms with van der Waals surface area (Å²) in [7, 11) is -7.85. The summed E-state index contributed by atoms with van der Waals surface area (Å²) in [6.45, 7) is 1.42. The van der Waals surface area contributed by atoms with Crippen LogP contribution in [-0.2, 0) is 24.8 Å². The van der Waals surface area contributed by atoms with Gasteiger partial charge in [-0.15, -0.1) is 0 Å². The molecule has 0 radical (unpaired) electrons. The van der Waals surface area contributed by atoms with Gasteiger partial charge in [0.15, 0.2) is 0 Å². The molecule has 1 aliphatic rings. The predicted octanol–water partition coefficient (Wildman–Crippen LogP) is 5.26. The highest BCUT2D eigenvalue weighted by Gasteiger charge is 2.36. The Morgan fingerprint density at radius 3 is 2.24 bits per heavy atom. The van der Waals surface area contributed by atoms with Crippen molar-refractivity contribution < 1.29 is 21.6 Å². The molecule has 5 rings (SSSR count). The summed E-state index contributed by atoms with van der Waals surface area (Å²) in [5, 5.41) is 3.08. The molecule has 8 nitrogen and oxygen atoms in total. The minimum atomic E-state index is -4.01. The number of carbonyl (C=O) groups is 1. The molecule has 11 heteroatoms. The van der Waals surface area contributed by atoms with Crippen LogP contribution < -0.4 is 14.3 Å². The first-order chi connectivity index (χ1) is 18.0. The molecule has 0 saturated heterocycles. The number of rotatable bonds is 6. The zero-order valence-electron chi connectivity index (χ0n) is 20.1. The van der Waals surface area contributed by atoms with Gasteiger partial charge in [-0.1, -0.05) is 47.5 Å². The second kappa shape index (κ2) is 9.79. The minimum absolute atomic E-state index is 0.0112. The minimum Gasteiger partial charge on any atom is -0.325 e. The third kappa shape index (κ3) is 4.98. The largest absolute Gasteiger partial charge is 0.325 e. The Morgan fingerprint density at radius 2 is 1.53 bits per heavy atom. The Hall–Kier alpha value is -3.86. The van der Waals surface area contributed by atoms with Crippen LogP contribution in [0.3, 0.4) is 0 Å². The molecule has 0 bridgehead atoms. The standard InChI is InChI=1S/C27H22ClN3O5S2/c1-18-6-9-21(10-7-18)30-37(33,34)22-13-11-20(12-14-22)29-27(32)17-31-25-15-8-19(28)16-24(25)23-4-2-3-5-26(23)38(31,35)36/h2-16,30H,17H2,1H3,(H,29,32). The van der Waals surface area contributed by atoms with Crippen LogP contribution in [0.2, 0.25) is 5.02 Å². The van der Waals surface area contributed by atoms with Crippen molar-refractivity contribution in [1.29, 1.82) is 0 Å². The topological polar surface area (TPSA) is 113 Å². The maximum absolute atomic E-state index is 13.4. The van der Waals surface area contributed by atoms with Gasteiger partial charge in [-0.25, -0.2) is 16.8 Å². The molecular formula is C27H22ClN3O5S2. The van der Waals surface area contributed by atoms with Crippen molar-refractivity contribution in [2.75, 3.05) is 20.9 Å². The molecule has 1 heterocycles. The number of fused-ring (bicyclic) bond motifs is 3. The number of amides is 1. The molecule has 2 N–H and O–H groups in total. The van der Waals surface area contributed by atoms with E-state index in [1.807, 2.05) is 6.92 Å². The summed E-state index contributed by atoms with van der Waals surface area (Å²) in [5.74, 6) is -0.595. The highest BCUT2D eigenvalue weighted by Crippen LogP contribution is 2.43. The molecule has 0 aliphatic carbocycles. The van der Waals surface area contributed by atoms with Gasteiger partial charge in [0.1, 0.15) is 6.54 Å². The number of nitrogens with one attached hydrogen (secondary N) is 2. The normalized spacial score (nSPS) is 13.8. The summed E-state index contributed by atoms with van der Waals surface area (Å²) in [4.78, 5) is 13.0. The highest BCUT2D eigenvalue weighted by atomic mass is 35.5. The number of nitrogens with zero attached hydrogens (tertiary/aromatic N) is 1. The van der Waals surface area contributed by atoms with Gasteiger partial charge in [-0.3, -0.25) is 13.8 Å². The third-order valence-electron chi connectivity index (χ3n) is 6.01. The van der Waals surface area contributed by atoms with Crippen LogP contribution in [-0.4, -0.2) is 29.3 Å². The number of carbonyl (C=O) groups excluding carboxylic acids is 1. The monoisotopic (exact) mass is 567 g/mol. The number of halogens is 1. The molecule has 4 aromatic carbocycles. The van der Waals surface area contributed by atoms with E-state index in [0.717, 1.165) is 9.87 Å². The Balaban J connectivity index is 1.34. The zero-order chi connectivity index (χ0) is 27.1. The summed E-state index contributed by atoms with van der Waals surface area (Å²) < 4.78 is 55.8. The lowest BCUT2D eigenvalue weighted by Crippen LogP contribution is -2.40. The van der Waals surface area contributed by atoms with Crippen LogP contribution in [0.5, 0.6) is 0 Å². The van der Waals surface area contributed by atoms with Crippen molar-refractivity contribution in [3.8, 4) is 11.1 Å². The predicted molar refractivity (Wildman–Crippen MR) is 148 cm³/mol. The summed E-state index contributed by atoms with van der Waals surface area (Å²) in [5.41, 5.74) is 3.20. The van der Waals surface area contributed by atoms with Crippen molar-refractivity contribution in [3.63, 3.8) is 0 Å². The van der Waals surface area contributed by atoms with E-state index in [0.29, 0.717) is 33.2 Å². The van der Waals surface area contributed by atoms with Gasteiger partial charge >= 0.3 is 0 Å². The number of sulfonamides is 2. The van der Waals surface area contributed by atoms with Crippen molar-refractivity contribution in [2.45, 2.75) is 16.7 Å². The maximum Gasteiger partial charge on any atom is 0.265 e. The van der Waals surface area contributed by atoms with Crippen molar-refractivity contribution in [2.24, 2.45) is 0 Å². The fourth-order valence-electron chi connectivity index (χ4n) is 4.16. The molecular weight excluding hydrogens is 546 g/mol. The smallest absolute Gasteiger partial charge is 0.265 e. The van der Waals surface area contributed by atoms with E-state index in [2.05, 4.69) is 10.0 Å².